The molecule has 0 bridgehead atoms. The highest BCUT2D eigenvalue weighted by Crippen LogP contribution is 2.42. The van der Waals surface area contributed by atoms with Crippen LogP contribution in [0.15, 0.2) is 18.2 Å². The van der Waals surface area contributed by atoms with Gasteiger partial charge in [-0.2, -0.15) is 0 Å². The molecule has 23 heavy (non-hydrogen) atoms. The summed E-state index contributed by atoms with van der Waals surface area (Å²) in [5, 5.41) is 2.77. The van der Waals surface area contributed by atoms with Crippen LogP contribution in [0.1, 0.15) is 58.4 Å². The summed E-state index contributed by atoms with van der Waals surface area (Å²) in [5.74, 6) is -0.312. The molecule has 5 heteroatoms. The molecule has 0 aliphatic heterocycles. The summed E-state index contributed by atoms with van der Waals surface area (Å²) in [5.41, 5.74) is 6.57. The monoisotopic (exact) mass is 322 g/mol. The van der Waals surface area contributed by atoms with Gasteiger partial charge in [0, 0.05) is 17.6 Å². The van der Waals surface area contributed by atoms with Gasteiger partial charge in [0.05, 0.1) is 0 Å². The SMILES string of the molecule is CC(C)(C)OC(=O)Nc1ccc(F)cc1C1(CN)CCCCC1. The van der Waals surface area contributed by atoms with Crippen LogP contribution in [-0.4, -0.2) is 18.2 Å². The molecule has 1 fully saturated rings. The third-order valence-corrected chi connectivity index (χ3v) is 4.39. The van der Waals surface area contributed by atoms with Crippen LogP contribution in [0.5, 0.6) is 0 Å². The lowest BCUT2D eigenvalue weighted by Crippen LogP contribution is -2.38. The standard InChI is InChI=1S/C18H27FN2O2/c1-17(2,3)23-16(22)21-15-8-7-13(19)11-14(15)18(12-20)9-5-4-6-10-18/h7-8,11H,4-6,9-10,12,20H2,1-3H3,(H,21,22). The minimum absolute atomic E-state index is 0.273. The molecule has 1 aliphatic carbocycles. The predicted molar refractivity (Wildman–Crippen MR) is 90.1 cm³/mol. The van der Waals surface area contributed by atoms with Crippen LogP contribution in [0.4, 0.5) is 14.9 Å². The number of nitrogens with one attached hydrogen (secondary N) is 1. The molecule has 1 aliphatic rings. The van der Waals surface area contributed by atoms with E-state index in [-0.39, 0.29) is 11.2 Å². The van der Waals surface area contributed by atoms with Gasteiger partial charge in [0.15, 0.2) is 0 Å². The van der Waals surface area contributed by atoms with Crippen molar-refractivity contribution in [2.75, 3.05) is 11.9 Å². The predicted octanol–water partition coefficient (Wildman–Crippen LogP) is 4.33. The van der Waals surface area contributed by atoms with Crippen LogP contribution in [0.2, 0.25) is 0 Å². The Hall–Kier alpha value is -1.62. The van der Waals surface area contributed by atoms with E-state index in [1.54, 1.807) is 26.8 Å². The van der Waals surface area contributed by atoms with Gasteiger partial charge in [-0.25, -0.2) is 9.18 Å². The van der Waals surface area contributed by atoms with Crippen molar-refractivity contribution in [3.05, 3.63) is 29.6 Å². The number of ether oxygens (including phenoxy) is 1. The molecule has 1 aromatic carbocycles. The summed E-state index contributed by atoms with van der Waals surface area (Å²) < 4.78 is 19.1. The van der Waals surface area contributed by atoms with E-state index in [0.29, 0.717) is 12.2 Å². The fourth-order valence-corrected chi connectivity index (χ4v) is 3.29. The molecule has 1 aromatic rings. The van der Waals surface area contributed by atoms with Crippen molar-refractivity contribution in [1.29, 1.82) is 0 Å². The second-order valence-electron chi connectivity index (χ2n) is 7.36. The van der Waals surface area contributed by atoms with Crippen LogP contribution >= 0.6 is 0 Å². The van der Waals surface area contributed by atoms with Gasteiger partial charge in [0.2, 0.25) is 0 Å². The summed E-state index contributed by atoms with van der Waals surface area (Å²) in [7, 11) is 0. The molecule has 1 amide bonds. The van der Waals surface area contributed by atoms with Crippen molar-refractivity contribution in [3.63, 3.8) is 0 Å². The van der Waals surface area contributed by atoms with E-state index in [4.69, 9.17) is 10.5 Å². The molecule has 4 nitrogen and oxygen atoms in total. The van der Waals surface area contributed by atoms with E-state index in [1.807, 2.05) is 0 Å². The second kappa shape index (κ2) is 6.87. The first kappa shape index (κ1) is 17.7. The Balaban J connectivity index is 2.32. The fraction of sp³-hybridized carbons (Fsp3) is 0.611. The van der Waals surface area contributed by atoms with Gasteiger partial charge in [-0.05, 0) is 57.4 Å². The Morgan fingerprint density at radius 3 is 2.52 bits per heavy atom. The lowest BCUT2D eigenvalue weighted by Gasteiger charge is -2.38. The van der Waals surface area contributed by atoms with E-state index in [1.165, 1.54) is 18.6 Å². The molecule has 0 aromatic heterocycles. The molecular weight excluding hydrogens is 295 g/mol. The molecule has 0 unspecified atom stereocenters. The zero-order valence-corrected chi connectivity index (χ0v) is 14.2. The lowest BCUT2D eigenvalue weighted by atomic mass is 9.69. The summed E-state index contributed by atoms with van der Waals surface area (Å²) in [6.45, 7) is 5.86. The zero-order valence-electron chi connectivity index (χ0n) is 14.2. The highest BCUT2D eigenvalue weighted by Gasteiger charge is 2.35. The maximum atomic E-state index is 13.8. The Kier molecular flexibility index (Phi) is 5.30. The van der Waals surface area contributed by atoms with Crippen molar-refractivity contribution in [1.82, 2.24) is 0 Å². The summed E-state index contributed by atoms with van der Waals surface area (Å²) >= 11 is 0. The number of halogens is 1. The van der Waals surface area contributed by atoms with E-state index < -0.39 is 11.7 Å². The average Bonchev–Trinajstić information content (AvgIpc) is 2.48. The Labute approximate surface area is 137 Å². The van der Waals surface area contributed by atoms with Crippen LogP contribution in [0, 0.1) is 5.82 Å². The highest BCUT2D eigenvalue weighted by molar-refractivity contribution is 5.86. The molecule has 1 saturated carbocycles. The molecule has 0 atom stereocenters. The van der Waals surface area contributed by atoms with Gasteiger partial charge in [0.25, 0.3) is 0 Å². The summed E-state index contributed by atoms with van der Waals surface area (Å²) in [4.78, 5) is 12.1. The lowest BCUT2D eigenvalue weighted by molar-refractivity contribution is 0.0635. The minimum atomic E-state index is -0.583. The van der Waals surface area contributed by atoms with Gasteiger partial charge in [0.1, 0.15) is 11.4 Å². The molecule has 0 saturated heterocycles. The van der Waals surface area contributed by atoms with Crippen LogP contribution in [-0.2, 0) is 10.2 Å². The van der Waals surface area contributed by atoms with Gasteiger partial charge >= 0.3 is 6.09 Å². The molecule has 128 valence electrons. The first-order valence-electron chi connectivity index (χ1n) is 8.26. The van der Waals surface area contributed by atoms with Crippen LogP contribution in [0.25, 0.3) is 0 Å². The maximum Gasteiger partial charge on any atom is 0.412 e. The van der Waals surface area contributed by atoms with E-state index in [0.717, 1.165) is 31.2 Å². The molecule has 0 spiro atoms. The van der Waals surface area contributed by atoms with E-state index in [2.05, 4.69) is 5.32 Å². The smallest absolute Gasteiger partial charge is 0.412 e. The Morgan fingerprint density at radius 2 is 1.96 bits per heavy atom. The van der Waals surface area contributed by atoms with Gasteiger partial charge in [-0.15, -0.1) is 0 Å². The number of carbonyl (C=O) groups is 1. The molecule has 2 rings (SSSR count). The third-order valence-electron chi connectivity index (χ3n) is 4.39. The second-order valence-corrected chi connectivity index (χ2v) is 7.36. The summed E-state index contributed by atoms with van der Waals surface area (Å²) in [6, 6.07) is 4.45. The first-order valence-corrected chi connectivity index (χ1v) is 8.26. The van der Waals surface area contributed by atoms with Gasteiger partial charge < -0.3 is 10.5 Å². The number of benzene rings is 1. The van der Waals surface area contributed by atoms with E-state index in [9.17, 15) is 9.18 Å². The van der Waals surface area contributed by atoms with Gasteiger partial charge in [-0.1, -0.05) is 19.3 Å². The third kappa shape index (κ3) is 4.44. The quantitative estimate of drug-likeness (QED) is 0.870. The largest absolute Gasteiger partial charge is 0.444 e. The molecule has 3 N–H and O–H groups in total. The van der Waals surface area contributed by atoms with Crippen LogP contribution < -0.4 is 11.1 Å². The number of nitrogens with two attached hydrogens (primary N) is 1. The normalized spacial score (nSPS) is 17.6. The number of hydrogen-bond donors (Lipinski definition) is 2. The highest BCUT2D eigenvalue weighted by atomic mass is 19.1. The number of carbonyl (C=O) groups excluding carboxylic acids is 1. The zero-order chi connectivity index (χ0) is 17.1. The first-order chi connectivity index (χ1) is 10.8. The van der Waals surface area contributed by atoms with Crippen molar-refractivity contribution in [2.24, 2.45) is 5.73 Å². The molecular formula is C18H27FN2O2. The van der Waals surface area contributed by atoms with Crippen LogP contribution in [0.3, 0.4) is 0 Å². The number of anilines is 1. The van der Waals surface area contributed by atoms with Crippen molar-refractivity contribution < 1.29 is 13.9 Å². The number of hydrogen-bond acceptors (Lipinski definition) is 3. The topological polar surface area (TPSA) is 64.3 Å². The fourth-order valence-electron chi connectivity index (χ4n) is 3.29. The van der Waals surface area contributed by atoms with Crippen molar-refractivity contribution >= 4 is 11.8 Å². The number of amides is 1. The average molecular weight is 322 g/mol. The van der Waals surface area contributed by atoms with Crippen molar-refractivity contribution in [2.45, 2.75) is 63.9 Å². The minimum Gasteiger partial charge on any atom is -0.444 e. The maximum absolute atomic E-state index is 13.8. The molecule has 0 heterocycles. The summed E-state index contributed by atoms with van der Waals surface area (Å²) in [6.07, 6.45) is 4.60. The van der Waals surface area contributed by atoms with Gasteiger partial charge in [-0.3, -0.25) is 5.32 Å². The Bertz CT molecular complexity index is 561. The Morgan fingerprint density at radius 1 is 1.30 bits per heavy atom. The van der Waals surface area contributed by atoms with E-state index >= 15 is 0 Å². The number of rotatable bonds is 3. The molecule has 0 radical (unpaired) electrons. The van der Waals surface area contributed by atoms with Crippen molar-refractivity contribution in [3.8, 4) is 0 Å².